The lowest BCUT2D eigenvalue weighted by molar-refractivity contribution is -0.384. The van der Waals surface area contributed by atoms with Crippen molar-refractivity contribution >= 4 is 27.4 Å². The van der Waals surface area contributed by atoms with Crippen molar-refractivity contribution in [1.29, 1.82) is 0 Å². The predicted octanol–water partition coefficient (Wildman–Crippen LogP) is 0.804. The summed E-state index contributed by atoms with van der Waals surface area (Å²) in [5, 5.41) is 20.4. The Hall–Kier alpha value is -2.20. The van der Waals surface area contributed by atoms with E-state index in [1.165, 1.54) is 19.2 Å². The summed E-state index contributed by atoms with van der Waals surface area (Å²) in [6.45, 7) is 0.650. The fourth-order valence-electron chi connectivity index (χ4n) is 2.60. The summed E-state index contributed by atoms with van der Waals surface area (Å²) in [5.41, 5.74) is -0.122. The van der Waals surface area contributed by atoms with Gasteiger partial charge in [-0.3, -0.25) is 14.9 Å². The van der Waals surface area contributed by atoms with Gasteiger partial charge in [0.05, 0.1) is 15.7 Å². The molecule has 0 spiro atoms. The molecule has 1 fully saturated rings. The first kappa shape index (κ1) is 17.2. The minimum Gasteiger partial charge on any atom is -0.481 e. The molecule has 2 rings (SSSR count). The van der Waals surface area contributed by atoms with Crippen LogP contribution < -0.4 is 9.62 Å². The molecule has 1 aromatic carbocycles. The van der Waals surface area contributed by atoms with E-state index in [2.05, 4.69) is 4.72 Å². The first-order chi connectivity index (χ1) is 10.8. The maximum absolute atomic E-state index is 11.8. The molecule has 2 N–H and O–H groups in total. The monoisotopic (exact) mass is 343 g/mol. The minimum absolute atomic E-state index is 0.161. The Kier molecular flexibility index (Phi) is 4.85. The molecule has 0 amide bonds. The third-order valence-corrected chi connectivity index (χ3v) is 5.25. The highest BCUT2D eigenvalue weighted by atomic mass is 32.2. The van der Waals surface area contributed by atoms with Gasteiger partial charge in [-0.25, -0.2) is 13.1 Å². The number of aliphatic carboxylic acids is 1. The minimum atomic E-state index is -3.79. The highest BCUT2D eigenvalue weighted by Crippen LogP contribution is 2.33. The summed E-state index contributed by atoms with van der Waals surface area (Å²) in [4.78, 5) is 23.2. The SMILES string of the molecule is CNS(=O)(=O)c1ccc(N2CCCC(C(=O)O)C2)c([N+](=O)[O-])c1. The molecule has 0 aromatic heterocycles. The maximum Gasteiger partial charge on any atom is 0.308 e. The Bertz CT molecular complexity index is 733. The Balaban J connectivity index is 2.42. The summed E-state index contributed by atoms with van der Waals surface area (Å²) in [5.74, 6) is -1.53. The van der Waals surface area contributed by atoms with Gasteiger partial charge in [0, 0.05) is 19.2 Å². The highest BCUT2D eigenvalue weighted by Gasteiger charge is 2.30. The largest absolute Gasteiger partial charge is 0.481 e. The Morgan fingerprint density at radius 2 is 2.17 bits per heavy atom. The molecular formula is C13H17N3O6S. The van der Waals surface area contributed by atoms with Gasteiger partial charge in [0.15, 0.2) is 0 Å². The van der Waals surface area contributed by atoms with Crippen molar-refractivity contribution in [3.63, 3.8) is 0 Å². The van der Waals surface area contributed by atoms with Gasteiger partial charge < -0.3 is 10.0 Å². The van der Waals surface area contributed by atoms with E-state index < -0.39 is 26.8 Å². The number of nitrogens with zero attached hydrogens (tertiary/aromatic N) is 2. The van der Waals surface area contributed by atoms with Crippen LogP contribution in [-0.4, -0.2) is 44.6 Å². The van der Waals surface area contributed by atoms with Crippen molar-refractivity contribution in [3.8, 4) is 0 Å². The molecule has 0 saturated carbocycles. The second-order valence-electron chi connectivity index (χ2n) is 5.24. The van der Waals surface area contributed by atoms with Crippen LogP contribution in [0.4, 0.5) is 11.4 Å². The van der Waals surface area contributed by atoms with Crippen LogP contribution in [0.25, 0.3) is 0 Å². The van der Waals surface area contributed by atoms with Crippen molar-refractivity contribution in [2.45, 2.75) is 17.7 Å². The van der Waals surface area contributed by atoms with Crippen molar-refractivity contribution in [2.75, 3.05) is 25.0 Å². The molecule has 9 nitrogen and oxygen atoms in total. The van der Waals surface area contributed by atoms with Gasteiger partial charge in [0.1, 0.15) is 5.69 Å². The number of sulfonamides is 1. The fourth-order valence-corrected chi connectivity index (χ4v) is 3.35. The average molecular weight is 343 g/mol. The topological polar surface area (TPSA) is 130 Å². The number of rotatable bonds is 5. The number of hydrogen-bond donors (Lipinski definition) is 2. The third kappa shape index (κ3) is 3.59. The Labute approximate surface area is 133 Å². The van der Waals surface area contributed by atoms with Gasteiger partial charge in [-0.2, -0.15) is 0 Å². The second-order valence-corrected chi connectivity index (χ2v) is 7.13. The smallest absolute Gasteiger partial charge is 0.308 e. The van der Waals surface area contributed by atoms with Crippen molar-refractivity contribution in [1.82, 2.24) is 4.72 Å². The van der Waals surface area contributed by atoms with E-state index in [9.17, 15) is 23.3 Å². The molecule has 0 bridgehead atoms. The van der Waals surface area contributed by atoms with Gasteiger partial charge in [0.2, 0.25) is 10.0 Å². The molecular weight excluding hydrogens is 326 g/mol. The lowest BCUT2D eigenvalue weighted by Gasteiger charge is -2.32. The number of carbonyl (C=O) groups is 1. The van der Waals surface area contributed by atoms with Crippen molar-refractivity contribution < 1.29 is 23.2 Å². The molecule has 0 radical (unpaired) electrons. The number of nitro groups is 1. The highest BCUT2D eigenvalue weighted by molar-refractivity contribution is 7.89. The zero-order valence-electron chi connectivity index (χ0n) is 12.4. The molecule has 1 aliphatic heterocycles. The molecule has 0 aliphatic carbocycles. The van der Waals surface area contributed by atoms with E-state index in [0.29, 0.717) is 19.4 Å². The summed E-state index contributed by atoms with van der Waals surface area (Å²) in [7, 11) is -2.57. The van der Waals surface area contributed by atoms with Gasteiger partial charge in [-0.1, -0.05) is 0 Å². The summed E-state index contributed by atoms with van der Waals surface area (Å²) in [6.07, 6.45) is 1.12. The predicted molar refractivity (Wildman–Crippen MR) is 81.9 cm³/mol. The van der Waals surface area contributed by atoms with Gasteiger partial charge in [-0.15, -0.1) is 0 Å². The molecule has 1 aliphatic rings. The Morgan fingerprint density at radius 3 is 2.74 bits per heavy atom. The molecule has 10 heteroatoms. The van der Waals surface area contributed by atoms with Gasteiger partial charge in [-0.05, 0) is 32.0 Å². The van der Waals surface area contributed by atoms with E-state index in [1.54, 1.807) is 4.90 Å². The quantitative estimate of drug-likeness (QED) is 0.597. The van der Waals surface area contributed by atoms with Crippen molar-refractivity contribution in [2.24, 2.45) is 5.92 Å². The number of piperidine rings is 1. The first-order valence-corrected chi connectivity index (χ1v) is 8.44. The van der Waals surface area contributed by atoms with Crippen LogP contribution >= 0.6 is 0 Å². The van der Waals surface area contributed by atoms with E-state index in [0.717, 1.165) is 6.07 Å². The van der Waals surface area contributed by atoms with Crippen LogP contribution in [0.15, 0.2) is 23.1 Å². The maximum atomic E-state index is 11.8. The molecule has 126 valence electrons. The zero-order valence-corrected chi connectivity index (χ0v) is 13.2. The number of benzene rings is 1. The molecule has 23 heavy (non-hydrogen) atoms. The van der Waals surface area contributed by atoms with Gasteiger partial charge in [0.25, 0.3) is 5.69 Å². The fraction of sp³-hybridized carbons (Fsp3) is 0.462. The van der Waals surface area contributed by atoms with Crippen molar-refractivity contribution in [3.05, 3.63) is 28.3 Å². The van der Waals surface area contributed by atoms with E-state index in [4.69, 9.17) is 5.11 Å². The number of carboxylic acids is 1. The molecule has 1 saturated heterocycles. The normalized spacial score (nSPS) is 18.7. The molecule has 1 heterocycles. The summed E-state index contributed by atoms with van der Waals surface area (Å²) < 4.78 is 25.7. The standard InChI is InChI=1S/C13H17N3O6S/c1-14-23(21,22)10-4-5-11(12(7-10)16(19)20)15-6-2-3-9(8-15)13(17)18/h4-5,7,9,14H,2-3,6,8H2,1H3,(H,17,18). The molecule has 1 aromatic rings. The van der Waals surface area contributed by atoms with Crippen LogP contribution in [-0.2, 0) is 14.8 Å². The number of hydrogen-bond acceptors (Lipinski definition) is 6. The van der Waals surface area contributed by atoms with Crippen LogP contribution in [0, 0.1) is 16.0 Å². The second kappa shape index (κ2) is 6.50. The van der Waals surface area contributed by atoms with E-state index >= 15 is 0 Å². The summed E-state index contributed by atoms with van der Waals surface area (Å²) in [6, 6.07) is 3.62. The molecule has 1 unspecified atom stereocenters. The van der Waals surface area contributed by atoms with Crippen LogP contribution in [0.3, 0.4) is 0 Å². The molecule has 1 atom stereocenters. The average Bonchev–Trinajstić information content (AvgIpc) is 2.54. The van der Waals surface area contributed by atoms with Crippen LogP contribution in [0.1, 0.15) is 12.8 Å². The number of nitrogens with one attached hydrogen (secondary N) is 1. The number of nitro benzene ring substituents is 1. The number of anilines is 1. The van der Waals surface area contributed by atoms with E-state index in [-0.39, 0.29) is 22.8 Å². The van der Waals surface area contributed by atoms with E-state index in [1.807, 2.05) is 0 Å². The summed E-state index contributed by atoms with van der Waals surface area (Å²) >= 11 is 0. The lowest BCUT2D eigenvalue weighted by atomic mass is 9.97. The number of carboxylic acid groups (broad SMARTS) is 1. The third-order valence-electron chi connectivity index (χ3n) is 3.83. The Morgan fingerprint density at radius 1 is 1.48 bits per heavy atom. The van der Waals surface area contributed by atoms with Crippen LogP contribution in [0.2, 0.25) is 0 Å². The van der Waals surface area contributed by atoms with Crippen LogP contribution in [0.5, 0.6) is 0 Å². The first-order valence-electron chi connectivity index (χ1n) is 6.96. The lowest BCUT2D eigenvalue weighted by Crippen LogP contribution is -2.39. The zero-order chi connectivity index (χ0) is 17.2. The van der Waals surface area contributed by atoms with Gasteiger partial charge >= 0.3 is 5.97 Å².